The van der Waals surface area contributed by atoms with E-state index in [2.05, 4.69) is 20.7 Å². The highest BCUT2D eigenvalue weighted by Gasteiger charge is 2.55. The normalized spacial score (nSPS) is 19.5. The molecule has 1 heterocycles. The molecule has 1 spiro atoms. The van der Waals surface area contributed by atoms with Crippen LogP contribution in [-0.2, 0) is 20.2 Å². The van der Waals surface area contributed by atoms with Crippen LogP contribution in [0.25, 0.3) is 0 Å². The van der Waals surface area contributed by atoms with Crippen LogP contribution in [0.3, 0.4) is 0 Å². The molecule has 0 aromatic heterocycles. The molecule has 2 aliphatic rings. The summed E-state index contributed by atoms with van der Waals surface area (Å²) in [6, 6.07) is 5.52. The summed E-state index contributed by atoms with van der Waals surface area (Å²) >= 11 is 3.04. The number of carbonyl (C=O) groups excluding carboxylic acids is 1. The maximum Gasteiger partial charge on any atom is 0.264 e. The molecule has 1 aliphatic carbocycles. The fraction of sp³-hybridized carbons (Fsp3) is 0.350. The number of sulfonamides is 1. The van der Waals surface area contributed by atoms with Crippen molar-refractivity contribution in [2.75, 3.05) is 16.7 Å². The van der Waals surface area contributed by atoms with Gasteiger partial charge in [-0.15, -0.1) is 0 Å². The predicted molar refractivity (Wildman–Crippen MR) is 110 cm³/mol. The minimum absolute atomic E-state index is 0.0620. The zero-order valence-corrected chi connectivity index (χ0v) is 18.6. The van der Waals surface area contributed by atoms with E-state index in [1.807, 2.05) is 0 Å². The lowest BCUT2D eigenvalue weighted by atomic mass is 9.69. The largest absolute Gasteiger partial charge is 0.312 e. The van der Waals surface area contributed by atoms with Gasteiger partial charge in [-0.2, -0.15) is 0 Å². The van der Waals surface area contributed by atoms with Crippen molar-refractivity contribution in [3.8, 4) is 0 Å². The van der Waals surface area contributed by atoms with Gasteiger partial charge in [-0.05, 0) is 42.7 Å². The number of rotatable bonds is 3. The van der Waals surface area contributed by atoms with Crippen LogP contribution in [0.2, 0.25) is 0 Å². The Labute approximate surface area is 184 Å². The molecule has 166 valence electrons. The number of alkyl halides is 2. The molecule has 1 fully saturated rings. The molecular formula is C20H17BrF4N2O3S. The summed E-state index contributed by atoms with van der Waals surface area (Å²) in [5, 5.41) is 0. The lowest BCUT2D eigenvalue weighted by Gasteiger charge is -2.36. The fourth-order valence-corrected chi connectivity index (χ4v) is 5.76. The lowest BCUT2D eigenvalue weighted by Crippen LogP contribution is -2.44. The minimum Gasteiger partial charge on any atom is -0.312 e. The number of hydrogen-bond donors (Lipinski definition) is 1. The van der Waals surface area contributed by atoms with E-state index in [1.165, 1.54) is 19.2 Å². The lowest BCUT2D eigenvalue weighted by molar-refractivity contribution is -0.127. The quantitative estimate of drug-likeness (QED) is 0.582. The smallest absolute Gasteiger partial charge is 0.264 e. The zero-order chi connectivity index (χ0) is 22.8. The summed E-state index contributed by atoms with van der Waals surface area (Å²) in [6.45, 7) is 0. The maximum atomic E-state index is 14.9. The number of halogens is 5. The van der Waals surface area contributed by atoms with E-state index in [0.717, 1.165) is 23.1 Å². The molecule has 0 saturated heterocycles. The predicted octanol–water partition coefficient (Wildman–Crippen LogP) is 4.95. The van der Waals surface area contributed by atoms with Gasteiger partial charge in [0.1, 0.15) is 16.5 Å². The molecule has 1 amide bonds. The standard InChI is InChI=1S/C20H17BrF4N2O3S/c1-27-17-13(19(18(27)28)4-6-20(24,25)7-5-19)9-12(10-15(17)23)26-31(29,30)16-3-2-11(21)8-14(16)22/h2-3,8-10,26H,4-7H2,1H3. The second-order valence-corrected chi connectivity index (χ2v) is 10.4. The van der Waals surface area contributed by atoms with Gasteiger partial charge in [-0.3, -0.25) is 9.52 Å². The number of fused-ring (bicyclic) bond motifs is 2. The van der Waals surface area contributed by atoms with Crippen LogP contribution >= 0.6 is 15.9 Å². The Morgan fingerprint density at radius 2 is 1.68 bits per heavy atom. The number of likely N-dealkylation sites (N-methyl/N-ethyl adjacent to an activating group) is 1. The summed E-state index contributed by atoms with van der Waals surface area (Å²) in [5.41, 5.74) is -1.48. The molecule has 0 unspecified atom stereocenters. The van der Waals surface area contributed by atoms with Crippen molar-refractivity contribution in [1.82, 2.24) is 0 Å². The van der Waals surface area contributed by atoms with Gasteiger partial charge in [-0.1, -0.05) is 15.9 Å². The molecule has 1 aliphatic heterocycles. The van der Waals surface area contributed by atoms with Crippen LogP contribution in [0, 0.1) is 11.6 Å². The monoisotopic (exact) mass is 520 g/mol. The molecule has 11 heteroatoms. The van der Waals surface area contributed by atoms with Crippen LogP contribution in [0.15, 0.2) is 39.7 Å². The summed E-state index contributed by atoms with van der Waals surface area (Å²) in [6.07, 6.45) is -1.44. The molecule has 31 heavy (non-hydrogen) atoms. The summed E-state index contributed by atoms with van der Waals surface area (Å²) < 4.78 is 84.4. The van der Waals surface area contributed by atoms with Gasteiger partial charge >= 0.3 is 0 Å². The Kier molecular flexibility index (Phi) is 5.12. The van der Waals surface area contributed by atoms with Crippen molar-refractivity contribution in [1.29, 1.82) is 0 Å². The molecule has 5 nitrogen and oxygen atoms in total. The van der Waals surface area contributed by atoms with Gasteiger partial charge < -0.3 is 4.90 Å². The second-order valence-electron chi connectivity index (χ2n) is 7.84. The number of anilines is 2. The van der Waals surface area contributed by atoms with Gasteiger partial charge in [0.15, 0.2) is 0 Å². The second kappa shape index (κ2) is 7.19. The summed E-state index contributed by atoms with van der Waals surface area (Å²) in [4.78, 5) is 13.4. The van der Waals surface area contributed by atoms with Crippen molar-refractivity contribution in [3.05, 3.63) is 52.0 Å². The first kappa shape index (κ1) is 22.1. The molecule has 4 rings (SSSR count). The molecular weight excluding hydrogens is 504 g/mol. The van der Waals surface area contributed by atoms with E-state index in [-0.39, 0.29) is 29.8 Å². The van der Waals surface area contributed by atoms with E-state index in [9.17, 15) is 30.8 Å². The van der Waals surface area contributed by atoms with Crippen molar-refractivity contribution in [3.63, 3.8) is 0 Å². The average molecular weight is 521 g/mol. The topological polar surface area (TPSA) is 66.5 Å². The van der Waals surface area contributed by atoms with Crippen LogP contribution < -0.4 is 9.62 Å². The Bertz CT molecular complexity index is 1190. The van der Waals surface area contributed by atoms with Crippen molar-refractivity contribution in [2.24, 2.45) is 0 Å². The van der Waals surface area contributed by atoms with Crippen LogP contribution in [0.1, 0.15) is 31.2 Å². The number of nitrogens with one attached hydrogen (secondary N) is 1. The Hall–Kier alpha value is -2.14. The van der Waals surface area contributed by atoms with E-state index >= 15 is 0 Å². The molecule has 0 bridgehead atoms. The highest BCUT2D eigenvalue weighted by molar-refractivity contribution is 9.10. The van der Waals surface area contributed by atoms with Crippen molar-refractivity contribution >= 4 is 43.2 Å². The number of nitrogens with zero attached hydrogens (tertiary/aromatic N) is 1. The fourth-order valence-electron chi connectivity index (χ4n) is 4.33. The SMILES string of the molecule is CN1C(=O)C2(CCC(F)(F)CC2)c2cc(NS(=O)(=O)c3ccc(Br)cc3F)cc(F)c21. The van der Waals surface area contributed by atoms with Crippen LogP contribution in [-0.4, -0.2) is 27.3 Å². The van der Waals surface area contributed by atoms with E-state index in [0.29, 0.717) is 4.47 Å². The van der Waals surface area contributed by atoms with Gasteiger partial charge in [0.25, 0.3) is 10.0 Å². The van der Waals surface area contributed by atoms with Crippen LogP contribution in [0.5, 0.6) is 0 Å². The number of amides is 1. The number of benzene rings is 2. The molecule has 2 aromatic rings. The van der Waals surface area contributed by atoms with Gasteiger partial charge in [0.05, 0.1) is 16.8 Å². The molecule has 0 radical (unpaired) electrons. The van der Waals surface area contributed by atoms with Gasteiger partial charge in [-0.25, -0.2) is 26.0 Å². The first-order valence-corrected chi connectivity index (χ1v) is 11.6. The van der Waals surface area contributed by atoms with Crippen LogP contribution in [0.4, 0.5) is 28.9 Å². The number of carbonyl (C=O) groups is 1. The molecule has 1 saturated carbocycles. The van der Waals surface area contributed by atoms with Gasteiger partial charge in [0.2, 0.25) is 11.8 Å². The highest BCUT2D eigenvalue weighted by atomic mass is 79.9. The zero-order valence-electron chi connectivity index (χ0n) is 16.2. The van der Waals surface area contributed by atoms with E-state index < -0.39 is 56.6 Å². The average Bonchev–Trinajstić information content (AvgIpc) is 2.86. The Morgan fingerprint density at radius 1 is 1.03 bits per heavy atom. The maximum absolute atomic E-state index is 14.9. The Morgan fingerprint density at radius 3 is 2.29 bits per heavy atom. The highest BCUT2D eigenvalue weighted by Crippen LogP contribution is 2.54. The summed E-state index contributed by atoms with van der Waals surface area (Å²) in [7, 11) is -3.06. The van der Waals surface area contributed by atoms with E-state index in [1.54, 1.807) is 0 Å². The summed E-state index contributed by atoms with van der Waals surface area (Å²) in [5.74, 6) is -5.30. The minimum atomic E-state index is -4.41. The first-order valence-electron chi connectivity index (χ1n) is 9.34. The molecule has 1 N–H and O–H groups in total. The molecule has 2 aromatic carbocycles. The van der Waals surface area contributed by atoms with E-state index in [4.69, 9.17) is 0 Å². The third kappa shape index (κ3) is 3.61. The first-order chi connectivity index (χ1) is 14.4. The third-order valence-electron chi connectivity index (χ3n) is 5.90. The Balaban J connectivity index is 1.76. The third-order valence-corrected chi connectivity index (χ3v) is 7.81. The molecule has 0 atom stereocenters. The van der Waals surface area contributed by atoms with Gasteiger partial charge in [0, 0.05) is 30.4 Å². The van der Waals surface area contributed by atoms with Crippen molar-refractivity contribution < 1.29 is 30.8 Å². The van der Waals surface area contributed by atoms with Crippen molar-refractivity contribution in [2.45, 2.75) is 41.9 Å². The number of hydrogen-bond acceptors (Lipinski definition) is 3.